The van der Waals surface area contributed by atoms with Gasteiger partial charge in [0.2, 0.25) is 0 Å². The Balaban J connectivity index is 2.14. The fourth-order valence-electron chi connectivity index (χ4n) is 2.36. The number of hydrogen-bond donors (Lipinski definition) is 3. The predicted octanol–water partition coefficient (Wildman–Crippen LogP) is 1.47. The maximum atomic E-state index is 11.3. The van der Waals surface area contributed by atoms with Crippen LogP contribution in [0.1, 0.15) is 36.0 Å². The van der Waals surface area contributed by atoms with Gasteiger partial charge in [-0.25, -0.2) is 0 Å². The Labute approximate surface area is 101 Å². The van der Waals surface area contributed by atoms with E-state index < -0.39 is 5.91 Å². The molecule has 0 aromatic heterocycles. The summed E-state index contributed by atoms with van der Waals surface area (Å²) in [6.45, 7) is 0. The van der Waals surface area contributed by atoms with Gasteiger partial charge in [0, 0.05) is 17.8 Å². The zero-order valence-corrected chi connectivity index (χ0v) is 9.86. The summed E-state index contributed by atoms with van der Waals surface area (Å²) in [4.78, 5) is 11.3. The molecule has 2 atom stereocenters. The molecule has 17 heavy (non-hydrogen) atoms. The third-order valence-corrected chi connectivity index (χ3v) is 3.35. The Bertz CT molecular complexity index is 405. The number of hydrogen-bond acceptors (Lipinski definition) is 3. The van der Waals surface area contributed by atoms with Crippen molar-refractivity contribution < 1.29 is 4.79 Å². The van der Waals surface area contributed by atoms with Crippen LogP contribution >= 0.6 is 0 Å². The summed E-state index contributed by atoms with van der Waals surface area (Å²) in [5, 5.41) is 3.35. The van der Waals surface area contributed by atoms with Crippen LogP contribution in [0.4, 0.5) is 5.69 Å². The van der Waals surface area contributed by atoms with Crippen molar-refractivity contribution in [3.05, 3.63) is 29.8 Å². The minimum atomic E-state index is -0.405. The SMILES string of the molecule is NC(=O)c1ccccc1N[C@@H]1CCCC[C@H]1N. The van der Waals surface area contributed by atoms with Gasteiger partial charge in [0.05, 0.1) is 5.56 Å². The summed E-state index contributed by atoms with van der Waals surface area (Å²) in [5.74, 6) is -0.405. The zero-order chi connectivity index (χ0) is 12.3. The molecule has 1 amide bonds. The Hall–Kier alpha value is -1.55. The number of rotatable bonds is 3. The van der Waals surface area contributed by atoms with Crippen molar-refractivity contribution in [2.45, 2.75) is 37.8 Å². The number of primary amides is 1. The first-order chi connectivity index (χ1) is 8.18. The lowest BCUT2D eigenvalue weighted by atomic mass is 9.90. The van der Waals surface area contributed by atoms with Gasteiger partial charge in [-0.05, 0) is 25.0 Å². The van der Waals surface area contributed by atoms with Gasteiger partial charge < -0.3 is 16.8 Å². The first-order valence-electron chi connectivity index (χ1n) is 6.09. The maximum absolute atomic E-state index is 11.3. The molecule has 1 aromatic rings. The molecule has 0 radical (unpaired) electrons. The fourth-order valence-corrected chi connectivity index (χ4v) is 2.36. The average molecular weight is 233 g/mol. The first kappa shape index (κ1) is 11.9. The first-order valence-corrected chi connectivity index (χ1v) is 6.09. The van der Waals surface area contributed by atoms with E-state index in [1.54, 1.807) is 6.07 Å². The Morgan fingerprint density at radius 1 is 1.24 bits per heavy atom. The number of nitrogens with one attached hydrogen (secondary N) is 1. The summed E-state index contributed by atoms with van der Waals surface area (Å²) >= 11 is 0. The number of amides is 1. The summed E-state index contributed by atoms with van der Waals surface area (Å²) in [6, 6.07) is 7.71. The monoisotopic (exact) mass is 233 g/mol. The Kier molecular flexibility index (Phi) is 3.64. The van der Waals surface area contributed by atoms with E-state index in [1.165, 1.54) is 12.8 Å². The number of para-hydroxylation sites is 1. The van der Waals surface area contributed by atoms with E-state index in [9.17, 15) is 4.79 Å². The van der Waals surface area contributed by atoms with E-state index in [0.29, 0.717) is 5.56 Å². The smallest absolute Gasteiger partial charge is 0.250 e. The fraction of sp³-hybridized carbons (Fsp3) is 0.462. The van der Waals surface area contributed by atoms with E-state index in [-0.39, 0.29) is 12.1 Å². The molecule has 1 saturated carbocycles. The van der Waals surface area contributed by atoms with E-state index in [2.05, 4.69) is 5.32 Å². The summed E-state index contributed by atoms with van der Waals surface area (Å²) in [7, 11) is 0. The van der Waals surface area contributed by atoms with Gasteiger partial charge in [0.1, 0.15) is 0 Å². The van der Waals surface area contributed by atoms with Crippen LogP contribution in [0.3, 0.4) is 0 Å². The number of anilines is 1. The van der Waals surface area contributed by atoms with Crippen LogP contribution < -0.4 is 16.8 Å². The Morgan fingerprint density at radius 2 is 1.94 bits per heavy atom. The van der Waals surface area contributed by atoms with Crippen molar-refractivity contribution in [1.82, 2.24) is 0 Å². The van der Waals surface area contributed by atoms with Gasteiger partial charge in [-0.2, -0.15) is 0 Å². The third kappa shape index (κ3) is 2.77. The summed E-state index contributed by atoms with van der Waals surface area (Å²) < 4.78 is 0. The van der Waals surface area contributed by atoms with Gasteiger partial charge in [0.15, 0.2) is 0 Å². The molecule has 92 valence electrons. The van der Waals surface area contributed by atoms with Crippen LogP contribution in [0.25, 0.3) is 0 Å². The lowest BCUT2D eigenvalue weighted by Crippen LogP contribution is -2.42. The average Bonchev–Trinajstić information content (AvgIpc) is 2.32. The van der Waals surface area contributed by atoms with E-state index in [1.807, 2.05) is 18.2 Å². The molecule has 0 heterocycles. The van der Waals surface area contributed by atoms with Crippen molar-refractivity contribution in [3.8, 4) is 0 Å². The molecule has 0 bridgehead atoms. The number of benzene rings is 1. The largest absolute Gasteiger partial charge is 0.380 e. The standard InChI is InChI=1S/C13H19N3O/c14-10-6-2-4-8-12(10)16-11-7-3-1-5-9(11)13(15)17/h1,3,5,7,10,12,16H,2,4,6,8,14H2,(H2,15,17)/t10-,12-/m1/s1. The van der Waals surface area contributed by atoms with Crippen molar-refractivity contribution in [1.29, 1.82) is 0 Å². The highest BCUT2D eigenvalue weighted by Gasteiger charge is 2.22. The molecule has 2 rings (SSSR count). The van der Waals surface area contributed by atoms with Gasteiger partial charge in [-0.3, -0.25) is 4.79 Å². The second kappa shape index (κ2) is 5.19. The molecule has 0 aliphatic heterocycles. The van der Waals surface area contributed by atoms with Crippen LogP contribution in [0.2, 0.25) is 0 Å². The molecule has 1 aliphatic rings. The van der Waals surface area contributed by atoms with Crippen molar-refractivity contribution in [2.75, 3.05) is 5.32 Å². The molecule has 5 N–H and O–H groups in total. The molecular weight excluding hydrogens is 214 g/mol. The van der Waals surface area contributed by atoms with E-state index >= 15 is 0 Å². The van der Waals surface area contributed by atoms with Crippen LogP contribution in [0.5, 0.6) is 0 Å². The quantitative estimate of drug-likeness (QED) is 0.739. The van der Waals surface area contributed by atoms with Crippen LogP contribution in [0, 0.1) is 0 Å². The minimum absolute atomic E-state index is 0.157. The topological polar surface area (TPSA) is 81.1 Å². The highest BCUT2D eigenvalue weighted by molar-refractivity contribution is 5.98. The second-order valence-corrected chi connectivity index (χ2v) is 4.61. The minimum Gasteiger partial charge on any atom is -0.380 e. The predicted molar refractivity (Wildman–Crippen MR) is 68.8 cm³/mol. The third-order valence-electron chi connectivity index (χ3n) is 3.35. The van der Waals surface area contributed by atoms with Gasteiger partial charge in [0.25, 0.3) is 5.91 Å². The maximum Gasteiger partial charge on any atom is 0.250 e. The molecule has 4 nitrogen and oxygen atoms in total. The highest BCUT2D eigenvalue weighted by Crippen LogP contribution is 2.23. The lowest BCUT2D eigenvalue weighted by molar-refractivity contribution is 0.100. The molecule has 0 unspecified atom stereocenters. The molecule has 0 spiro atoms. The molecule has 1 fully saturated rings. The van der Waals surface area contributed by atoms with E-state index in [0.717, 1.165) is 18.5 Å². The van der Waals surface area contributed by atoms with Crippen LogP contribution in [0.15, 0.2) is 24.3 Å². The van der Waals surface area contributed by atoms with Crippen LogP contribution in [-0.2, 0) is 0 Å². The second-order valence-electron chi connectivity index (χ2n) is 4.61. The van der Waals surface area contributed by atoms with Crippen molar-refractivity contribution in [2.24, 2.45) is 11.5 Å². The lowest BCUT2D eigenvalue weighted by Gasteiger charge is -2.30. The zero-order valence-electron chi connectivity index (χ0n) is 9.86. The molecule has 1 aliphatic carbocycles. The molecular formula is C13H19N3O. The highest BCUT2D eigenvalue weighted by atomic mass is 16.1. The van der Waals surface area contributed by atoms with Gasteiger partial charge >= 0.3 is 0 Å². The normalized spacial score (nSPS) is 24.3. The molecule has 1 aromatic carbocycles. The molecule has 4 heteroatoms. The van der Waals surface area contributed by atoms with Crippen molar-refractivity contribution >= 4 is 11.6 Å². The Morgan fingerprint density at radius 3 is 2.65 bits per heavy atom. The number of carbonyl (C=O) groups is 1. The number of nitrogens with two attached hydrogens (primary N) is 2. The summed E-state index contributed by atoms with van der Waals surface area (Å²) in [5.41, 5.74) is 12.7. The number of carbonyl (C=O) groups excluding carboxylic acids is 1. The van der Waals surface area contributed by atoms with Crippen LogP contribution in [-0.4, -0.2) is 18.0 Å². The van der Waals surface area contributed by atoms with Crippen molar-refractivity contribution in [3.63, 3.8) is 0 Å². The van der Waals surface area contributed by atoms with Gasteiger partial charge in [-0.15, -0.1) is 0 Å². The summed E-state index contributed by atoms with van der Waals surface area (Å²) in [6.07, 6.45) is 4.46. The van der Waals surface area contributed by atoms with Gasteiger partial charge in [-0.1, -0.05) is 25.0 Å². The molecule has 0 saturated heterocycles. The van der Waals surface area contributed by atoms with E-state index in [4.69, 9.17) is 11.5 Å².